The Bertz CT molecular complexity index is 753. The molecule has 120 valence electrons. The second-order valence-electron chi connectivity index (χ2n) is 4.36. The number of hydrogen-bond donors (Lipinski definition) is 2. The van der Waals surface area contributed by atoms with Crippen molar-refractivity contribution in [2.24, 2.45) is 5.10 Å². The second kappa shape index (κ2) is 8.19. The summed E-state index contributed by atoms with van der Waals surface area (Å²) in [6, 6.07) is 9.56. The fourth-order valence-electron chi connectivity index (χ4n) is 1.57. The molecule has 0 atom stereocenters. The number of benzene rings is 2. The summed E-state index contributed by atoms with van der Waals surface area (Å²) in [6.45, 7) is -0.261. The Labute approximate surface area is 151 Å². The van der Waals surface area contributed by atoms with E-state index in [0.29, 0.717) is 21.4 Å². The highest BCUT2D eigenvalue weighted by Crippen LogP contribution is 2.27. The molecule has 8 heteroatoms. The normalized spacial score (nSPS) is 10.7. The molecule has 2 aromatic carbocycles. The van der Waals surface area contributed by atoms with Crippen LogP contribution >= 0.6 is 39.1 Å². The number of nitrogens with zero attached hydrogens (tertiary/aromatic N) is 1. The first-order valence-corrected chi connectivity index (χ1v) is 7.89. The molecular formula is C15H11BrCl2N2O3. The Balaban J connectivity index is 1.87. The summed E-state index contributed by atoms with van der Waals surface area (Å²) >= 11 is 15.0. The SMILES string of the molecule is O=C(COc1ccc(Cl)cc1Cl)NN=Cc1cc(Br)ccc1O. The molecule has 0 saturated heterocycles. The van der Waals surface area contributed by atoms with Gasteiger partial charge in [-0.05, 0) is 36.4 Å². The summed E-state index contributed by atoms with van der Waals surface area (Å²) in [5.41, 5.74) is 2.75. The van der Waals surface area contributed by atoms with Crippen LogP contribution in [-0.2, 0) is 4.79 Å². The molecule has 0 saturated carbocycles. The van der Waals surface area contributed by atoms with E-state index in [1.165, 1.54) is 18.3 Å². The van der Waals surface area contributed by atoms with Gasteiger partial charge in [-0.25, -0.2) is 5.43 Å². The molecule has 0 heterocycles. The van der Waals surface area contributed by atoms with Crippen LogP contribution in [0.4, 0.5) is 0 Å². The lowest BCUT2D eigenvalue weighted by Crippen LogP contribution is -2.24. The lowest BCUT2D eigenvalue weighted by atomic mass is 10.2. The van der Waals surface area contributed by atoms with Gasteiger partial charge in [0.25, 0.3) is 5.91 Å². The molecule has 0 radical (unpaired) electrons. The van der Waals surface area contributed by atoms with Crippen LogP contribution in [-0.4, -0.2) is 23.8 Å². The van der Waals surface area contributed by atoms with Gasteiger partial charge in [-0.1, -0.05) is 39.1 Å². The van der Waals surface area contributed by atoms with Gasteiger partial charge in [-0.15, -0.1) is 0 Å². The number of rotatable bonds is 5. The van der Waals surface area contributed by atoms with E-state index >= 15 is 0 Å². The maximum absolute atomic E-state index is 11.6. The molecule has 0 fully saturated rings. The van der Waals surface area contributed by atoms with Crippen LogP contribution in [0.25, 0.3) is 0 Å². The Morgan fingerprint density at radius 1 is 1.30 bits per heavy atom. The zero-order chi connectivity index (χ0) is 16.8. The fraction of sp³-hybridized carbons (Fsp3) is 0.0667. The number of halogens is 3. The molecule has 0 aliphatic rings. The number of amides is 1. The van der Waals surface area contributed by atoms with E-state index in [1.54, 1.807) is 24.3 Å². The third-order valence-corrected chi connectivity index (χ3v) is 3.66. The highest BCUT2D eigenvalue weighted by molar-refractivity contribution is 9.10. The third-order valence-electron chi connectivity index (χ3n) is 2.64. The topological polar surface area (TPSA) is 70.9 Å². The van der Waals surface area contributed by atoms with Crippen LogP contribution in [0, 0.1) is 0 Å². The number of ether oxygens (including phenoxy) is 1. The first-order chi connectivity index (χ1) is 11.0. The van der Waals surface area contributed by atoms with Crippen molar-refractivity contribution in [1.82, 2.24) is 5.43 Å². The van der Waals surface area contributed by atoms with Crippen LogP contribution in [0.5, 0.6) is 11.5 Å². The van der Waals surface area contributed by atoms with Gasteiger partial charge in [-0.3, -0.25) is 4.79 Å². The number of carbonyl (C=O) groups excluding carboxylic acids is 1. The molecule has 1 amide bonds. The molecule has 2 N–H and O–H groups in total. The number of phenolic OH excluding ortho intramolecular Hbond substituents is 1. The van der Waals surface area contributed by atoms with E-state index in [4.69, 9.17) is 27.9 Å². The van der Waals surface area contributed by atoms with Crippen molar-refractivity contribution in [1.29, 1.82) is 0 Å². The molecule has 5 nitrogen and oxygen atoms in total. The van der Waals surface area contributed by atoms with E-state index in [1.807, 2.05) is 0 Å². The van der Waals surface area contributed by atoms with Crippen molar-refractivity contribution in [2.45, 2.75) is 0 Å². The number of aromatic hydroxyl groups is 1. The highest BCUT2D eigenvalue weighted by atomic mass is 79.9. The molecule has 2 rings (SSSR count). The van der Waals surface area contributed by atoms with Crippen LogP contribution in [0.2, 0.25) is 10.0 Å². The molecule has 0 unspecified atom stereocenters. The zero-order valence-electron chi connectivity index (χ0n) is 11.6. The zero-order valence-corrected chi connectivity index (χ0v) is 14.7. The summed E-state index contributed by atoms with van der Waals surface area (Å²) < 4.78 is 6.05. The molecule has 0 aliphatic carbocycles. The van der Waals surface area contributed by atoms with Crippen molar-refractivity contribution in [2.75, 3.05) is 6.61 Å². The molecule has 23 heavy (non-hydrogen) atoms. The number of phenols is 1. The predicted molar refractivity (Wildman–Crippen MR) is 93.5 cm³/mol. The second-order valence-corrected chi connectivity index (χ2v) is 6.12. The number of carbonyl (C=O) groups is 1. The van der Waals surface area contributed by atoms with Gasteiger partial charge in [0.05, 0.1) is 11.2 Å². The number of hydrazone groups is 1. The van der Waals surface area contributed by atoms with Crippen LogP contribution < -0.4 is 10.2 Å². The van der Waals surface area contributed by atoms with Gasteiger partial charge >= 0.3 is 0 Å². The minimum Gasteiger partial charge on any atom is -0.507 e. The lowest BCUT2D eigenvalue weighted by molar-refractivity contribution is -0.123. The molecule has 2 aromatic rings. The minimum absolute atomic E-state index is 0.0513. The van der Waals surface area contributed by atoms with Gasteiger partial charge < -0.3 is 9.84 Å². The summed E-state index contributed by atoms with van der Waals surface area (Å²) in [6.07, 6.45) is 1.33. The molecule has 0 bridgehead atoms. The average molecular weight is 418 g/mol. The quantitative estimate of drug-likeness (QED) is 0.570. The van der Waals surface area contributed by atoms with Gasteiger partial charge in [0.15, 0.2) is 6.61 Å². The molecule has 0 spiro atoms. The molecular weight excluding hydrogens is 407 g/mol. The van der Waals surface area contributed by atoms with Crippen molar-refractivity contribution in [3.05, 3.63) is 56.5 Å². The smallest absolute Gasteiger partial charge is 0.277 e. The summed E-state index contributed by atoms with van der Waals surface area (Å²) in [4.78, 5) is 11.6. The van der Waals surface area contributed by atoms with Crippen LogP contribution in [0.15, 0.2) is 46.0 Å². The largest absolute Gasteiger partial charge is 0.507 e. The van der Waals surface area contributed by atoms with Crippen LogP contribution in [0.3, 0.4) is 0 Å². The summed E-state index contributed by atoms with van der Waals surface area (Å²) in [5, 5.41) is 14.2. The Kier molecular flexibility index (Phi) is 6.27. The van der Waals surface area contributed by atoms with Gasteiger partial charge in [-0.2, -0.15) is 5.10 Å². The monoisotopic (exact) mass is 416 g/mol. The van der Waals surface area contributed by atoms with Crippen molar-refractivity contribution in [3.8, 4) is 11.5 Å². The Hall–Kier alpha value is -1.76. The summed E-state index contributed by atoms with van der Waals surface area (Å²) in [5.74, 6) is -0.0722. The lowest BCUT2D eigenvalue weighted by Gasteiger charge is -2.07. The Morgan fingerprint density at radius 2 is 2.09 bits per heavy atom. The van der Waals surface area contributed by atoms with E-state index in [9.17, 15) is 9.90 Å². The van der Waals surface area contributed by atoms with Gasteiger partial charge in [0, 0.05) is 15.1 Å². The predicted octanol–water partition coefficient (Wildman–Crippen LogP) is 3.99. The maximum atomic E-state index is 11.6. The molecule has 0 aromatic heterocycles. The standard InChI is InChI=1S/C15H11BrCl2N2O3/c16-10-1-3-13(21)9(5-10)7-19-20-15(22)8-23-14-4-2-11(17)6-12(14)18/h1-7,21H,8H2,(H,20,22). The van der Waals surface area contributed by atoms with Crippen molar-refractivity contribution >= 4 is 51.3 Å². The van der Waals surface area contributed by atoms with Crippen LogP contribution in [0.1, 0.15) is 5.56 Å². The van der Waals surface area contributed by atoms with Crippen molar-refractivity contribution in [3.63, 3.8) is 0 Å². The number of nitrogens with one attached hydrogen (secondary N) is 1. The van der Waals surface area contributed by atoms with E-state index in [2.05, 4.69) is 26.5 Å². The van der Waals surface area contributed by atoms with Gasteiger partial charge in [0.2, 0.25) is 0 Å². The molecule has 0 aliphatic heterocycles. The first kappa shape index (κ1) is 17.6. The van der Waals surface area contributed by atoms with E-state index in [-0.39, 0.29) is 12.4 Å². The maximum Gasteiger partial charge on any atom is 0.277 e. The fourth-order valence-corrected chi connectivity index (χ4v) is 2.41. The third kappa shape index (κ3) is 5.42. The number of hydrogen-bond acceptors (Lipinski definition) is 4. The van der Waals surface area contributed by atoms with Gasteiger partial charge in [0.1, 0.15) is 11.5 Å². The minimum atomic E-state index is -0.471. The highest BCUT2D eigenvalue weighted by Gasteiger charge is 2.06. The van der Waals surface area contributed by atoms with E-state index in [0.717, 1.165) is 4.47 Å². The van der Waals surface area contributed by atoms with E-state index < -0.39 is 5.91 Å². The Morgan fingerprint density at radius 3 is 2.83 bits per heavy atom. The van der Waals surface area contributed by atoms with Crippen molar-refractivity contribution < 1.29 is 14.6 Å². The first-order valence-electron chi connectivity index (χ1n) is 6.34. The summed E-state index contributed by atoms with van der Waals surface area (Å²) in [7, 11) is 0. The average Bonchev–Trinajstić information content (AvgIpc) is 2.50.